The number of carbonyl (C=O) groups is 1. The summed E-state index contributed by atoms with van der Waals surface area (Å²) >= 11 is 0. The van der Waals surface area contributed by atoms with Crippen molar-refractivity contribution in [3.8, 4) is 0 Å². The Labute approximate surface area is 126 Å². The number of piperidine rings is 1. The molecule has 0 radical (unpaired) electrons. The third-order valence-corrected chi connectivity index (χ3v) is 6.01. The van der Waals surface area contributed by atoms with Gasteiger partial charge in [-0.05, 0) is 61.7 Å². The van der Waals surface area contributed by atoms with E-state index in [1.54, 1.807) is 0 Å². The molecule has 1 aromatic carbocycles. The average molecular weight is 284 g/mol. The number of carbonyl (C=O) groups excluding carboxylic acids is 1. The van der Waals surface area contributed by atoms with Gasteiger partial charge in [-0.25, -0.2) is 0 Å². The lowest BCUT2D eigenvalue weighted by Gasteiger charge is -2.28. The first-order chi connectivity index (χ1) is 10.2. The van der Waals surface area contributed by atoms with E-state index in [9.17, 15) is 4.79 Å². The van der Waals surface area contributed by atoms with Crippen molar-refractivity contribution in [3.63, 3.8) is 0 Å². The lowest BCUT2D eigenvalue weighted by Crippen LogP contribution is -2.40. The molecule has 3 heteroatoms. The first kappa shape index (κ1) is 13.3. The molecule has 1 N–H and O–H groups in total. The van der Waals surface area contributed by atoms with Gasteiger partial charge >= 0.3 is 0 Å². The van der Waals surface area contributed by atoms with Gasteiger partial charge in [0.25, 0.3) is 0 Å². The van der Waals surface area contributed by atoms with E-state index in [1.807, 2.05) is 7.05 Å². The maximum absolute atomic E-state index is 12.8. The Hall–Kier alpha value is -1.35. The van der Waals surface area contributed by atoms with Crippen LogP contribution >= 0.6 is 0 Å². The summed E-state index contributed by atoms with van der Waals surface area (Å²) in [6, 6.07) is 8.99. The number of hydrogen-bond donors (Lipinski definition) is 1. The van der Waals surface area contributed by atoms with Crippen molar-refractivity contribution in [2.24, 2.45) is 11.3 Å². The largest absolute Gasteiger partial charge is 0.342 e. The van der Waals surface area contributed by atoms with E-state index in [0.29, 0.717) is 23.3 Å². The van der Waals surface area contributed by atoms with Crippen molar-refractivity contribution in [2.45, 2.75) is 38.1 Å². The molecular weight excluding hydrogens is 260 g/mol. The zero-order chi connectivity index (χ0) is 14.4. The molecule has 112 valence electrons. The monoisotopic (exact) mass is 284 g/mol. The normalized spacial score (nSPS) is 26.6. The van der Waals surface area contributed by atoms with Crippen LogP contribution in [-0.4, -0.2) is 37.0 Å². The number of nitrogens with one attached hydrogen (secondary N) is 1. The average Bonchev–Trinajstić information content (AvgIpc) is 3.02. The van der Waals surface area contributed by atoms with Crippen LogP contribution in [0.25, 0.3) is 0 Å². The van der Waals surface area contributed by atoms with Crippen molar-refractivity contribution in [1.82, 2.24) is 10.2 Å². The summed E-state index contributed by atoms with van der Waals surface area (Å²) in [5.74, 6) is 0.697. The second-order valence-corrected chi connectivity index (χ2v) is 7.15. The standard InChI is InChI=1S/C18H24N2O/c1-20(15-10-13-4-2-3-5-14(13)11-15)17(21)16-12-18(16)6-8-19-9-7-18/h2-5,15-16,19H,6-12H2,1H3. The maximum atomic E-state index is 12.8. The van der Waals surface area contributed by atoms with Gasteiger partial charge in [-0.1, -0.05) is 24.3 Å². The molecule has 1 saturated heterocycles. The van der Waals surface area contributed by atoms with Crippen LogP contribution in [0.15, 0.2) is 24.3 Å². The van der Waals surface area contributed by atoms with Gasteiger partial charge in [-0.15, -0.1) is 0 Å². The van der Waals surface area contributed by atoms with E-state index in [-0.39, 0.29) is 0 Å². The highest BCUT2D eigenvalue weighted by Crippen LogP contribution is 2.59. The van der Waals surface area contributed by atoms with Gasteiger partial charge in [0, 0.05) is 19.0 Å². The summed E-state index contributed by atoms with van der Waals surface area (Å²) in [5, 5.41) is 3.41. The summed E-state index contributed by atoms with van der Waals surface area (Å²) < 4.78 is 0. The van der Waals surface area contributed by atoms with Crippen molar-refractivity contribution >= 4 is 5.91 Å². The Morgan fingerprint density at radius 1 is 1.19 bits per heavy atom. The molecule has 1 amide bonds. The molecule has 1 unspecified atom stereocenters. The van der Waals surface area contributed by atoms with E-state index >= 15 is 0 Å². The third-order valence-electron chi connectivity index (χ3n) is 6.01. The fourth-order valence-electron chi connectivity index (χ4n) is 4.41. The van der Waals surface area contributed by atoms with Crippen LogP contribution in [0.2, 0.25) is 0 Å². The number of nitrogens with zero attached hydrogens (tertiary/aromatic N) is 1. The molecule has 1 atom stereocenters. The predicted octanol–water partition coefficient (Wildman–Crippen LogP) is 2.00. The van der Waals surface area contributed by atoms with Crippen molar-refractivity contribution in [3.05, 3.63) is 35.4 Å². The minimum absolute atomic E-state index is 0.299. The lowest BCUT2D eigenvalue weighted by atomic mass is 9.91. The summed E-state index contributed by atoms with van der Waals surface area (Å²) in [7, 11) is 2.02. The van der Waals surface area contributed by atoms with Gasteiger partial charge in [0.2, 0.25) is 5.91 Å². The smallest absolute Gasteiger partial charge is 0.226 e. The van der Waals surface area contributed by atoms with Crippen LogP contribution < -0.4 is 5.32 Å². The molecule has 0 bridgehead atoms. The van der Waals surface area contributed by atoms with Crippen LogP contribution in [0.5, 0.6) is 0 Å². The van der Waals surface area contributed by atoms with Crippen LogP contribution in [0.4, 0.5) is 0 Å². The molecular formula is C18H24N2O. The van der Waals surface area contributed by atoms with Gasteiger partial charge in [-0.2, -0.15) is 0 Å². The fourth-order valence-corrected chi connectivity index (χ4v) is 4.41. The van der Waals surface area contributed by atoms with Crippen LogP contribution in [0.1, 0.15) is 30.4 Å². The van der Waals surface area contributed by atoms with Gasteiger partial charge < -0.3 is 10.2 Å². The van der Waals surface area contributed by atoms with Gasteiger partial charge in [-0.3, -0.25) is 4.79 Å². The highest BCUT2D eigenvalue weighted by Gasteiger charge is 2.58. The summed E-state index contributed by atoms with van der Waals surface area (Å²) in [6.07, 6.45) is 5.54. The number of hydrogen-bond acceptors (Lipinski definition) is 2. The van der Waals surface area contributed by atoms with E-state index in [0.717, 1.165) is 32.4 Å². The molecule has 21 heavy (non-hydrogen) atoms. The molecule has 1 heterocycles. The van der Waals surface area contributed by atoms with Crippen molar-refractivity contribution in [2.75, 3.05) is 20.1 Å². The number of amides is 1. The second-order valence-electron chi connectivity index (χ2n) is 7.15. The maximum Gasteiger partial charge on any atom is 0.226 e. The summed E-state index contributed by atoms with van der Waals surface area (Å²) in [5.41, 5.74) is 3.20. The Morgan fingerprint density at radius 2 is 1.81 bits per heavy atom. The van der Waals surface area contributed by atoms with E-state index in [1.165, 1.54) is 24.0 Å². The first-order valence-corrected chi connectivity index (χ1v) is 8.24. The van der Waals surface area contributed by atoms with Gasteiger partial charge in [0.05, 0.1) is 0 Å². The molecule has 3 aliphatic rings. The topological polar surface area (TPSA) is 32.3 Å². The summed E-state index contributed by atoms with van der Waals surface area (Å²) in [4.78, 5) is 14.9. The molecule has 1 aromatic rings. The molecule has 1 aliphatic heterocycles. The zero-order valence-electron chi connectivity index (χ0n) is 12.8. The van der Waals surface area contributed by atoms with E-state index in [2.05, 4.69) is 34.5 Å². The second kappa shape index (κ2) is 4.84. The number of benzene rings is 1. The molecule has 1 saturated carbocycles. The molecule has 3 nitrogen and oxygen atoms in total. The number of rotatable bonds is 2. The van der Waals surface area contributed by atoms with E-state index in [4.69, 9.17) is 0 Å². The van der Waals surface area contributed by atoms with Crippen LogP contribution in [0, 0.1) is 11.3 Å². The van der Waals surface area contributed by atoms with Gasteiger partial charge in [0.1, 0.15) is 0 Å². The minimum atomic E-state index is 0.299. The Kier molecular flexibility index (Phi) is 3.07. The Morgan fingerprint density at radius 3 is 2.43 bits per heavy atom. The third kappa shape index (κ3) is 2.18. The molecule has 2 fully saturated rings. The molecule has 4 rings (SSSR count). The summed E-state index contributed by atoms with van der Waals surface area (Å²) in [6.45, 7) is 2.17. The predicted molar refractivity (Wildman–Crippen MR) is 83.1 cm³/mol. The number of fused-ring (bicyclic) bond motifs is 1. The quantitative estimate of drug-likeness (QED) is 0.901. The minimum Gasteiger partial charge on any atom is -0.342 e. The molecule has 1 spiro atoms. The van der Waals surface area contributed by atoms with Crippen molar-refractivity contribution in [1.29, 1.82) is 0 Å². The van der Waals surface area contributed by atoms with E-state index < -0.39 is 0 Å². The highest BCUT2D eigenvalue weighted by molar-refractivity contribution is 5.83. The number of likely N-dealkylation sites (N-methyl/N-ethyl adjacent to an activating group) is 1. The first-order valence-electron chi connectivity index (χ1n) is 8.24. The van der Waals surface area contributed by atoms with Crippen LogP contribution in [-0.2, 0) is 17.6 Å². The Bertz CT molecular complexity index is 537. The SMILES string of the molecule is CN(C(=O)C1CC12CCNCC2)C1Cc2ccccc2C1. The van der Waals surface area contributed by atoms with Crippen LogP contribution in [0.3, 0.4) is 0 Å². The lowest BCUT2D eigenvalue weighted by molar-refractivity contribution is -0.134. The zero-order valence-corrected chi connectivity index (χ0v) is 12.8. The fraction of sp³-hybridized carbons (Fsp3) is 0.611. The van der Waals surface area contributed by atoms with Crippen molar-refractivity contribution < 1.29 is 4.79 Å². The highest BCUT2D eigenvalue weighted by atomic mass is 16.2. The molecule has 0 aromatic heterocycles. The Balaban J connectivity index is 1.42. The molecule has 2 aliphatic carbocycles. The van der Waals surface area contributed by atoms with Gasteiger partial charge in [0.15, 0.2) is 0 Å².